The number of urea groups is 1. The molecule has 1 aromatic rings. The Bertz CT molecular complexity index is 473. The largest absolute Gasteiger partial charge is 0.480 e. The van der Waals surface area contributed by atoms with E-state index in [1.165, 1.54) is 4.90 Å². The number of nitrogens with one attached hydrogen (secondary N) is 1. The molecule has 2 rings (SSSR count). The van der Waals surface area contributed by atoms with Crippen molar-refractivity contribution in [3.63, 3.8) is 0 Å². The number of carbonyl (C=O) groups is 2. The number of nitrogens with zero attached hydrogens (tertiary/aromatic N) is 3. The van der Waals surface area contributed by atoms with E-state index in [9.17, 15) is 9.59 Å². The Labute approximate surface area is 109 Å². The maximum atomic E-state index is 12.0. The Balaban J connectivity index is 1.95. The highest BCUT2D eigenvalue weighted by Crippen LogP contribution is 2.10. The van der Waals surface area contributed by atoms with Gasteiger partial charge in [0.15, 0.2) is 0 Å². The molecule has 0 radical (unpaired) electrons. The first-order valence-electron chi connectivity index (χ1n) is 6.01. The number of fused-ring (bicyclic) bond motifs is 1. The van der Waals surface area contributed by atoms with Gasteiger partial charge in [0, 0.05) is 38.5 Å². The second kappa shape index (κ2) is 5.70. The lowest BCUT2D eigenvalue weighted by Gasteiger charge is -2.28. The maximum absolute atomic E-state index is 12.0. The maximum Gasteiger partial charge on any atom is 0.326 e. The van der Waals surface area contributed by atoms with Gasteiger partial charge in [-0.2, -0.15) is 0 Å². The highest BCUT2D eigenvalue weighted by molar-refractivity contribution is 5.82. The van der Waals surface area contributed by atoms with Gasteiger partial charge < -0.3 is 25.0 Å². The minimum Gasteiger partial charge on any atom is -0.480 e. The number of hydrogen-bond donors (Lipinski definition) is 3. The molecular weight excluding hydrogens is 252 g/mol. The zero-order valence-electron chi connectivity index (χ0n) is 10.3. The summed E-state index contributed by atoms with van der Waals surface area (Å²) in [6.45, 7) is 1.20. The van der Waals surface area contributed by atoms with Crippen LogP contribution in [0.2, 0.25) is 0 Å². The van der Waals surface area contributed by atoms with Gasteiger partial charge in [-0.3, -0.25) is 0 Å². The first-order chi connectivity index (χ1) is 9.11. The third-order valence-electron chi connectivity index (χ3n) is 3.05. The first-order valence-corrected chi connectivity index (χ1v) is 6.01. The standard InChI is InChI=1S/C11H16N4O4/c16-6-1-8(10(17)18)13-11(19)15-5-4-14-3-2-12-9(14)7-15/h2-3,8,16H,1,4-7H2,(H,13,19)(H,17,18)/t8-/m0/s1. The number of aliphatic hydroxyl groups is 1. The van der Waals surface area contributed by atoms with E-state index in [0.29, 0.717) is 19.6 Å². The average molecular weight is 268 g/mol. The minimum atomic E-state index is -1.15. The van der Waals surface area contributed by atoms with Crippen molar-refractivity contribution in [1.29, 1.82) is 0 Å². The average Bonchev–Trinajstić information content (AvgIpc) is 2.85. The first kappa shape index (κ1) is 13.3. The van der Waals surface area contributed by atoms with Crippen LogP contribution in [0.4, 0.5) is 4.79 Å². The highest BCUT2D eigenvalue weighted by Gasteiger charge is 2.25. The Kier molecular flexibility index (Phi) is 4.00. The van der Waals surface area contributed by atoms with E-state index in [-0.39, 0.29) is 13.0 Å². The summed E-state index contributed by atoms with van der Waals surface area (Å²) in [6.07, 6.45) is 3.50. The van der Waals surface area contributed by atoms with E-state index in [2.05, 4.69) is 10.3 Å². The predicted molar refractivity (Wildman–Crippen MR) is 64.3 cm³/mol. The SMILES string of the molecule is O=C(O)[C@H](CCO)NC(=O)N1CCn2ccnc2C1. The number of imidazole rings is 1. The van der Waals surface area contributed by atoms with E-state index in [4.69, 9.17) is 10.2 Å². The molecule has 3 N–H and O–H groups in total. The molecule has 104 valence electrons. The number of aliphatic hydroxyl groups excluding tert-OH is 1. The van der Waals surface area contributed by atoms with Crippen LogP contribution in [0.3, 0.4) is 0 Å². The van der Waals surface area contributed by atoms with Crippen molar-refractivity contribution in [3.05, 3.63) is 18.2 Å². The molecule has 0 bridgehead atoms. The van der Waals surface area contributed by atoms with Gasteiger partial charge in [0.2, 0.25) is 0 Å². The van der Waals surface area contributed by atoms with Crippen molar-refractivity contribution in [3.8, 4) is 0 Å². The molecule has 19 heavy (non-hydrogen) atoms. The molecule has 0 saturated heterocycles. The zero-order chi connectivity index (χ0) is 13.8. The van der Waals surface area contributed by atoms with Crippen LogP contribution in [0, 0.1) is 0 Å². The fraction of sp³-hybridized carbons (Fsp3) is 0.545. The summed E-state index contributed by atoms with van der Waals surface area (Å²) in [5, 5.41) is 20.1. The number of aromatic nitrogens is 2. The second-order valence-corrected chi connectivity index (χ2v) is 4.31. The molecular formula is C11H16N4O4. The Hall–Kier alpha value is -2.09. The molecule has 2 amide bonds. The van der Waals surface area contributed by atoms with Gasteiger partial charge in [-0.05, 0) is 0 Å². The van der Waals surface area contributed by atoms with Gasteiger partial charge in [0.25, 0.3) is 0 Å². The number of carboxylic acid groups (broad SMARTS) is 1. The molecule has 0 aromatic carbocycles. The van der Waals surface area contributed by atoms with Crippen LogP contribution in [-0.2, 0) is 17.9 Å². The van der Waals surface area contributed by atoms with Crippen LogP contribution in [0.25, 0.3) is 0 Å². The van der Waals surface area contributed by atoms with Gasteiger partial charge in [-0.15, -0.1) is 0 Å². The van der Waals surface area contributed by atoms with Crippen molar-refractivity contribution >= 4 is 12.0 Å². The molecule has 1 aliphatic rings. The summed E-state index contributed by atoms with van der Waals surface area (Å²) < 4.78 is 1.95. The van der Waals surface area contributed by atoms with Crippen molar-refractivity contribution in [2.45, 2.75) is 25.6 Å². The molecule has 8 nitrogen and oxygen atoms in total. The van der Waals surface area contributed by atoms with Crippen LogP contribution < -0.4 is 5.32 Å². The topological polar surface area (TPSA) is 108 Å². The summed E-state index contributed by atoms with van der Waals surface area (Å²) in [5.41, 5.74) is 0. The molecule has 1 atom stereocenters. The van der Waals surface area contributed by atoms with Gasteiger partial charge in [0.1, 0.15) is 11.9 Å². The monoisotopic (exact) mass is 268 g/mol. The van der Waals surface area contributed by atoms with Crippen molar-refractivity contribution < 1.29 is 19.8 Å². The zero-order valence-corrected chi connectivity index (χ0v) is 10.3. The van der Waals surface area contributed by atoms with Crippen LogP contribution in [-0.4, -0.2) is 55.9 Å². The highest BCUT2D eigenvalue weighted by atomic mass is 16.4. The van der Waals surface area contributed by atoms with Crippen molar-refractivity contribution in [2.24, 2.45) is 0 Å². The van der Waals surface area contributed by atoms with Crippen LogP contribution in [0.5, 0.6) is 0 Å². The Morgan fingerprint density at radius 2 is 2.26 bits per heavy atom. The van der Waals surface area contributed by atoms with Gasteiger partial charge in [-0.1, -0.05) is 0 Å². The molecule has 0 fully saturated rings. The van der Waals surface area contributed by atoms with E-state index < -0.39 is 18.0 Å². The number of amides is 2. The van der Waals surface area contributed by atoms with Gasteiger partial charge in [-0.25, -0.2) is 14.6 Å². The van der Waals surface area contributed by atoms with E-state index in [0.717, 1.165) is 5.82 Å². The number of carbonyl (C=O) groups excluding carboxylic acids is 1. The normalized spacial score (nSPS) is 15.7. The smallest absolute Gasteiger partial charge is 0.326 e. The van der Waals surface area contributed by atoms with Crippen molar-refractivity contribution in [2.75, 3.05) is 13.2 Å². The lowest BCUT2D eigenvalue weighted by Crippen LogP contribution is -2.50. The predicted octanol–water partition coefficient (Wildman–Crippen LogP) is -0.756. The molecule has 0 spiro atoms. The van der Waals surface area contributed by atoms with Crippen LogP contribution in [0.1, 0.15) is 12.2 Å². The number of aliphatic carboxylic acids is 1. The fourth-order valence-corrected chi connectivity index (χ4v) is 1.97. The van der Waals surface area contributed by atoms with E-state index in [1.807, 2.05) is 10.8 Å². The summed E-state index contributed by atoms with van der Waals surface area (Å²) in [5.74, 6) is -0.378. The van der Waals surface area contributed by atoms with Crippen molar-refractivity contribution in [1.82, 2.24) is 19.8 Å². The molecule has 0 saturated carbocycles. The molecule has 1 aliphatic heterocycles. The van der Waals surface area contributed by atoms with E-state index in [1.54, 1.807) is 6.20 Å². The molecule has 2 heterocycles. The molecule has 0 aliphatic carbocycles. The molecule has 0 unspecified atom stereocenters. The Morgan fingerprint density at radius 3 is 2.95 bits per heavy atom. The van der Waals surface area contributed by atoms with Gasteiger partial charge in [0.05, 0.1) is 6.54 Å². The minimum absolute atomic E-state index is 0.0104. The van der Waals surface area contributed by atoms with E-state index >= 15 is 0 Å². The summed E-state index contributed by atoms with van der Waals surface area (Å²) in [6, 6.07) is -1.52. The second-order valence-electron chi connectivity index (χ2n) is 4.31. The number of rotatable bonds is 4. The Morgan fingerprint density at radius 1 is 1.47 bits per heavy atom. The third-order valence-corrected chi connectivity index (χ3v) is 3.05. The lowest BCUT2D eigenvalue weighted by atomic mass is 10.2. The summed E-state index contributed by atoms with van der Waals surface area (Å²) in [4.78, 5) is 28.5. The van der Waals surface area contributed by atoms with Crippen LogP contribution in [0.15, 0.2) is 12.4 Å². The number of carboxylic acids is 1. The molecule has 8 heteroatoms. The lowest BCUT2D eigenvalue weighted by molar-refractivity contribution is -0.139. The summed E-state index contributed by atoms with van der Waals surface area (Å²) in [7, 11) is 0. The summed E-state index contributed by atoms with van der Waals surface area (Å²) >= 11 is 0. The molecule has 1 aromatic heterocycles. The third kappa shape index (κ3) is 3.02. The van der Waals surface area contributed by atoms with Gasteiger partial charge >= 0.3 is 12.0 Å². The van der Waals surface area contributed by atoms with Crippen LogP contribution >= 0.6 is 0 Å². The fourth-order valence-electron chi connectivity index (χ4n) is 1.97. The number of hydrogen-bond acceptors (Lipinski definition) is 4. The quantitative estimate of drug-likeness (QED) is 0.665.